The number of furan rings is 1. The van der Waals surface area contributed by atoms with Crippen molar-refractivity contribution in [1.82, 2.24) is 14.5 Å². The number of aromatic nitrogens is 3. The zero-order chi connectivity index (χ0) is 32.1. The number of thiophene rings is 1. The molecule has 0 aliphatic rings. The quantitative estimate of drug-likeness (QED) is 0.192. The molecule has 0 aliphatic heterocycles. The number of fused-ring (bicyclic) bond motifs is 12. The smallest absolute Gasteiger partial charge is 0.164 e. The molecule has 0 spiro atoms. The van der Waals surface area contributed by atoms with Crippen molar-refractivity contribution >= 4 is 86.2 Å². The first-order valence-corrected chi connectivity index (χ1v) is 17.2. The van der Waals surface area contributed by atoms with Crippen LogP contribution in [-0.4, -0.2) is 14.5 Å². The summed E-state index contributed by atoms with van der Waals surface area (Å²) in [7, 11) is 0. The summed E-state index contributed by atoms with van der Waals surface area (Å²) in [4.78, 5) is 10.6. The van der Waals surface area contributed by atoms with E-state index >= 15 is 0 Å². The van der Waals surface area contributed by atoms with Crippen LogP contribution in [0.4, 0.5) is 0 Å². The summed E-state index contributed by atoms with van der Waals surface area (Å²) >= 11 is 1.81. The first kappa shape index (κ1) is 26.7. The lowest BCUT2D eigenvalue weighted by atomic mass is 10.0. The van der Waals surface area contributed by atoms with E-state index in [1.807, 2.05) is 17.4 Å². The van der Waals surface area contributed by atoms with Crippen molar-refractivity contribution in [3.05, 3.63) is 152 Å². The molecule has 0 saturated heterocycles. The predicted molar refractivity (Wildman–Crippen MR) is 205 cm³/mol. The molecule has 0 atom stereocenters. The van der Waals surface area contributed by atoms with Crippen LogP contribution in [0.25, 0.3) is 103 Å². The molecule has 5 heteroatoms. The summed E-state index contributed by atoms with van der Waals surface area (Å²) in [6, 6.07) is 53.3. The van der Waals surface area contributed by atoms with Crippen LogP contribution in [0.15, 0.2) is 156 Å². The van der Waals surface area contributed by atoms with Crippen LogP contribution in [0.2, 0.25) is 0 Å². The van der Waals surface area contributed by atoms with Gasteiger partial charge >= 0.3 is 0 Å². The van der Waals surface area contributed by atoms with Gasteiger partial charge in [0.25, 0.3) is 0 Å². The Kier molecular flexibility index (Phi) is 5.51. The predicted octanol–water partition coefficient (Wildman–Crippen LogP) is 12.3. The molecule has 0 amide bonds. The average Bonchev–Trinajstić information content (AvgIpc) is 3.85. The van der Waals surface area contributed by atoms with Crippen LogP contribution < -0.4 is 0 Å². The highest BCUT2D eigenvalue weighted by Crippen LogP contribution is 2.44. The van der Waals surface area contributed by atoms with Crippen LogP contribution >= 0.6 is 11.3 Å². The van der Waals surface area contributed by atoms with Gasteiger partial charge in [-0.1, -0.05) is 109 Å². The first-order valence-electron chi connectivity index (χ1n) is 16.4. The fourth-order valence-corrected chi connectivity index (χ4v) is 8.90. The van der Waals surface area contributed by atoms with Gasteiger partial charge in [0.2, 0.25) is 0 Å². The second kappa shape index (κ2) is 10.1. The van der Waals surface area contributed by atoms with Gasteiger partial charge in [0.1, 0.15) is 5.58 Å². The number of nitrogens with zero attached hydrogens (tertiary/aromatic N) is 3. The average molecular weight is 644 g/mol. The summed E-state index contributed by atoms with van der Waals surface area (Å²) < 4.78 is 11.8. The van der Waals surface area contributed by atoms with Crippen LogP contribution in [0.5, 0.6) is 0 Å². The minimum Gasteiger partial charge on any atom is -0.453 e. The molecule has 11 rings (SSSR count). The molecule has 0 saturated carbocycles. The lowest BCUT2D eigenvalue weighted by molar-refractivity contribution is 0.671. The van der Waals surface area contributed by atoms with Crippen molar-refractivity contribution in [1.29, 1.82) is 0 Å². The standard InChI is InChI=1S/C44H25N3OS/c1-3-12-26(13-4-1)39-38-35(25-24-33-29-17-8-10-21-37(29)49-43(33)38)45-44(46-39)34-19-11-18-31-32-23-22-30-28-16-7-9-20-36(28)47(27-14-5-2-6-15-27)40(30)42(32)48-41(31)34/h1-25H. The number of para-hydroxylation sites is 3. The van der Waals surface area contributed by atoms with Gasteiger partial charge in [-0.15, -0.1) is 11.3 Å². The first-order chi connectivity index (χ1) is 24.3. The topological polar surface area (TPSA) is 43.9 Å². The second-order valence-electron chi connectivity index (χ2n) is 12.5. The van der Waals surface area contributed by atoms with E-state index in [0.717, 1.165) is 71.8 Å². The molecule has 0 bridgehead atoms. The van der Waals surface area contributed by atoms with Crippen molar-refractivity contribution in [2.24, 2.45) is 0 Å². The Hall–Kier alpha value is -6.30. The van der Waals surface area contributed by atoms with Crippen molar-refractivity contribution in [2.45, 2.75) is 0 Å². The zero-order valence-electron chi connectivity index (χ0n) is 26.1. The minimum absolute atomic E-state index is 0.649. The molecule has 0 radical (unpaired) electrons. The van der Waals surface area contributed by atoms with E-state index in [0.29, 0.717) is 5.82 Å². The lowest BCUT2D eigenvalue weighted by Crippen LogP contribution is -1.95. The van der Waals surface area contributed by atoms with Crippen molar-refractivity contribution in [3.63, 3.8) is 0 Å². The monoisotopic (exact) mass is 643 g/mol. The molecule has 4 nitrogen and oxygen atoms in total. The molecule has 49 heavy (non-hydrogen) atoms. The molecular formula is C44H25N3OS. The molecule has 4 aromatic heterocycles. The molecule has 11 aromatic rings. The van der Waals surface area contributed by atoms with E-state index in [9.17, 15) is 0 Å². The summed E-state index contributed by atoms with van der Waals surface area (Å²) in [5.74, 6) is 0.649. The molecule has 0 aliphatic carbocycles. The number of benzene rings is 7. The van der Waals surface area contributed by atoms with Gasteiger partial charge < -0.3 is 8.98 Å². The molecule has 0 N–H and O–H groups in total. The summed E-state index contributed by atoms with van der Waals surface area (Å²) in [5.41, 5.74) is 8.73. The highest BCUT2D eigenvalue weighted by Gasteiger charge is 2.22. The van der Waals surface area contributed by atoms with Crippen LogP contribution in [-0.2, 0) is 0 Å². The minimum atomic E-state index is 0.649. The fraction of sp³-hybridized carbons (Fsp3) is 0. The zero-order valence-corrected chi connectivity index (χ0v) is 26.9. The van der Waals surface area contributed by atoms with Crippen LogP contribution in [0.3, 0.4) is 0 Å². The van der Waals surface area contributed by atoms with Gasteiger partial charge in [-0.2, -0.15) is 0 Å². The third kappa shape index (κ3) is 3.79. The third-order valence-corrected chi connectivity index (χ3v) is 11.0. The SMILES string of the molecule is c1ccc(-c2nc(-c3cccc4c3oc3c4ccc4c5ccccc5n(-c5ccccc5)c43)nc3ccc4c5ccccc5sc4c23)cc1. The number of rotatable bonds is 3. The van der Waals surface area contributed by atoms with Gasteiger partial charge in [0.05, 0.1) is 27.8 Å². The maximum atomic E-state index is 7.01. The Morgan fingerprint density at radius 1 is 0.510 bits per heavy atom. The van der Waals surface area contributed by atoms with Crippen LogP contribution in [0, 0.1) is 0 Å². The van der Waals surface area contributed by atoms with E-state index in [1.54, 1.807) is 0 Å². The Morgan fingerprint density at radius 3 is 2.08 bits per heavy atom. The molecule has 7 aromatic carbocycles. The van der Waals surface area contributed by atoms with Crippen molar-refractivity contribution in [2.75, 3.05) is 0 Å². The number of hydrogen-bond donors (Lipinski definition) is 0. The van der Waals surface area contributed by atoms with Gasteiger partial charge in [0, 0.05) is 58.4 Å². The molecule has 0 unspecified atom stereocenters. The molecule has 228 valence electrons. The van der Waals surface area contributed by atoms with Gasteiger partial charge in [0.15, 0.2) is 11.4 Å². The Bertz CT molecular complexity index is 3100. The lowest BCUT2D eigenvalue weighted by Gasteiger charge is -2.11. The fourth-order valence-electron chi connectivity index (χ4n) is 7.65. The Labute approximate surface area is 284 Å². The normalized spacial score (nSPS) is 12.1. The molecular weight excluding hydrogens is 619 g/mol. The molecule has 4 heterocycles. The van der Waals surface area contributed by atoms with Crippen molar-refractivity contribution in [3.8, 4) is 28.3 Å². The van der Waals surface area contributed by atoms with E-state index in [1.165, 1.54) is 25.6 Å². The van der Waals surface area contributed by atoms with E-state index in [2.05, 4.69) is 150 Å². The number of hydrogen-bond acceptors (Lipinski definition) is 4. The van der Waals surface area contributed by atoms with E-state index in [-0.39, 0.29) is 0 Å². The van der Waals surface area contributed by atoms with Crippen LogP contribution in [0.1, 0.15) is 0 Å². The third-order valence-electron chi connectivity index (χ3n) is 9.81. The maximum absolute atomic E-state index is 7.01. The van der Waals surface area contributed by atoms with Gasteiger partial charge in [-0.3, -0.25) is 0 Å². The van der Waals surface area contributed by atoms with Gasteiger partial charge in [-0.05, 0) is 42.5 Å². The van der Waals surface area contributed by atoms with E-state index < -0.39 is 0 Å². The Balaban J connectivity index is 1.23. The highest BCUT2D eigenvalue weighted by molar-refractivity contribution is 7.26. The van der Waals surface area contributed by atoms with Crippen molar-refractivity contribution < 1.29 is 4.42 Å². The summed E-state index contributed by atoms with van der Waals surface area (Å²) in [6.45, 7) is 0. The largest absolute Gasteiger partial charge is 0.453 e. The van der Waals surface area contributed by atoms with E-state index in [4.69, 9.17) is 14.4 Å². The molecule has 0 fully saturated rings. The Morgan fingerprint density at radius 2 is 1.20 bits per heavy atom. The summed E-state index contributed by atoms with van der Waals surface area (Å²) in [6.07, 6.45) is 0. The maximum Gasteiger partial charge on any atom is 0.164 e. The highest BCUT2D eigenvalue weighted by atomic mass is 32.1. The summed E-state index contributed by atoms with van der Waals surface area (Å²) in [5, 5.41) is 8.05. The second-order valence-corrected chi connectivity index (χ2v) is 13.6. The van der Waals surface area contributed by atoms with Gasteiger partial charge in [-0.25, -0.2) is 9.97 Å².